The molecule has 10 rings (SSSR count). The second-order valence-corrected chi connectivity index (χ2v) is 13.3. The third-order valence-electron chi connectivity index (χ3n) is 10.7. The summed E-state index contributed by atoms with van der Waals surface area (Å²) in [5, 5.41) is 2.55. The topological polar surface area (TPSA) is 43.3 Å². The normalized spacial score (nSPS) is 16.1. The SMILES string of the molecule is NC(=N/C(=C\Cc1ccccc1)c1ccc2c(c1)C1(c3ccccc3-2)c2ccccc2-n2c3ccccc3c3cccc1c32)c1ccccc1. The zero-order valence-corrected chi connectivity index (χ0v) is 27.4. The van der Waals surface area contributed by atoms with Gasteiger partial charge in [-0.1, -0.05) is 158 Å². The van der Waals surface area contributed by atoms with E-state index >= 15 is 0 Å². The highest BCUT2D eigenvalue weighted by molar-refractivity contribution is 6.13. The van der Waals surface area contributed by atoms with E-state index in [1.54, 1.807) is 0 Å². The fraction of sp³-hybridized carbons (Fsp3) is 0.0426. The summed E-state index contributed by atoms with van der Waals surface area (Å²) in [4.78, 5) is 5.14. The Morgan fingerprint density at radius 1 is 0.560 bits per heavy atom. The van der Waals surface area contributed by atoms with E-state index in [0.29, 0.717) is 5.84 Å². The van der Waals surface area contributed by atoms with E-state index in [1.165, 1.54) is 66.4 Å². The second-order valence-electron chi connectivity index (χ2n) is 13.3. The van der Waals surface area contributed by atoms with Crippen molar-refractivity contribution in [2.24, 2.45) is 10.7 Å². The van der Waals surface area contributed by atoms with Crippen molar-refractivity contribution in [1.82, 2.24) is 4.57 Å². The van der Waals surface area contributed by atoms with Crippen molar-refractivity contribution >= 4 is 33.3 Å². The molecule has 3 nitrogen and oxygen atoms in total. The van der Waals surface area contributed by atoms with Gasteiger partial charge < -0.3 is 10.3 Å². The number of hydrogen-bond acceptors (Lipinski definition) is 1. The first-order chi connectivity index (χ1) is 24.7. The van der Waals surface area contributed by atoms with Gasteiger partial charge in [-0.2, -0.15) is 0 Å². The number of allylic oxidation sites excluding steroid dienone is 1. The Bertz CT molecular complexity index is 2680. The molecule has 1 unspecified atom stereocenters. The van der Waals surface area contributed by atoms with Crippen LogP contribution in [-0.4, -0.2) is 10.4 Å². The lowest BCUT2D eigenvalue weighted by Gasteiger charge is -2.39. The lowest BCUT2D eigenvalue weighted by molar-refractivity contribution is 0.748. The number of benzene rings is 7. The van der Waals surface area contributed by atoms with E-state index in [-0.39, 0.29) is 0 Å². The third-order valence-corrected chi connectivity index (χ3v) is 10.7. The molecule has 8 aromatic rings. The van der Waals surface area contributed by atoms with Gasteiger partial charge in [-0.3, -0.25) is 0 Å². The first-order valence-electron chi connectivity index (χ1n) is 17.2. The van der Waals surface area contributed by atoms with Gasteiger partial charge in [0.2, 0.25) is 0 Å². The summed E-state index contributed by atoms with van der Waals surface area (Å²) in [6.07, 6.45) is 2.96. The average Bonchev–Trinajstić information content (AvgIpc) is 3.67. The largest absolute Gasteiger partial charge is 0.383 e. The van der Waals surface area contributed by atoms with Gasteiger partial charge in [0.15, 0.2) is 0 Å². The number of amidine groups is 1. The van der Waals surface area contributed by atoms with Crippen molar-refractivity contribution in [1.29, 1.82) is 0 Å². The molecule has 7 aromatic carbocycles. The fourth-order valence-corrected chi connectivity index (χ4v) is 8.58. The van der Waals surface area contributed by atoms with E-state index in [9.17, 15) is 0 Å². The molecule has 3 heteroatoms. The molecule has 1 aliphatic heterocycles. The van der Waals surface area contributed by atoms with Crippen LogP contribution in [0.15, 0.2) is 181 Å². The maximum atomic E-state index is 6.73. The van der Waals surface area contributed by atoms with E-state index in [0.717, 1.165) is 23.2 Å². The summed E-state index contributed by atoms with van der Waals surface area (Å²) in [5.41, 5.74) is 21.7. The van der Waals surface area contributed by atoms with Gasteiger partial charge in [0.1, 0.15) is 5.84 Å². The van der Waals surface area contributed by atoms with Gasteiger partial charge in [-0.25, -0.2) is 4.99 Å². The molecule has 0 saturated heterocycles. The molecule has 1 atom stereocenters. The van der Waals surface area contributed by atoms with Crippen molar-refractivity contribution in [3.05, 3.63) is 215 Å². The van der Waals surface area contributed by atoms with Crippen LogP contribution >= 0.6 is 0 Å². The molecular weight excluding hydrogens is 607 g/mol. The Morgan fingerprint density at radius 3 is 2.08 bits per heavy atom. The summed E-state index contributed by atoms with van der Waals surface area (Å²) in [6.45, 7) is 0. The van der Waals surface area contributed by atoms with E-state index in [1.807, 2.05) is 30.3 Å². The molecule has 236 valence electrons. The number of nitrogens with two attached hydrogens (primary N) is 1. The van der Waals surface area contributed by atoms with Crippen molar-refractivity contribution in [3.63, 3.8) is 0 Å². The van der Waals surface area contributed by atoms with Gasteiger partial charge >= 0.3 is 0 Å². The molecule has 0 amide bonds. The van der Waals surface area contributed by atoms with Crippen LogP contribution in [0.2, 0.25) is 0 Å². The first-order valence-corrected chi connectivity index (χ1v) is 17.2. The zero-order chi connectivity index (χ0) is 33.2. The Kier molecular flexibility index (Phi) is 6.31. The second kappa shape index (κ2) is 11.0. The predicted octanol–water partition coefficient (Wildman–Crippen LogP) is 10.4. The van der Waals surface area contributed by atoms with Crippen LogP contribution in [-0.2, 0) is 11.8 Å². The predicted molar refractivity (Wildman–Crippen MR) is 207 cm³/mol. The monoisotopic (exact) mass is 639 g/mol. The maximum absolute atomic E-state index is 6.73. The number of nitrogens with zero attached hydrogens (tertiary/aromatic N) is 2. The highest BCUT2D eigenvalue weighted by atomic mass is 15.0. The summed E-state index contributed by atoms with van der Waals surface area (Å²) in [6, 6.07) is 61.1. The molecule has 0 saturated carbocycles. The number of aromatic nitrogens is 1. The number of hydrogen-bond donors (Lipinski definition) is 1. The standard InChI is InChI=1S/C47H33N3/c48-46(32-16-5-2-6-17-32)49-42(29-26-31-14-3-1-4-15-31)33-27-28-35-34-18-7-9-21-38(34)47(41(35)30-33)39-22-10-12-25-44(39)50-43-24-11-8-19-36(43)37-20-13-23-40(47)45(37)50/h1-25,27-30H,26H2,(H2,48,49)/b42-29-. The van der Waals surface area contributed by atoms with E-state index in [2.05, 4.69) is 150 Å². The molecule has 0 fully saturated rings. The van der Waals surface area contributed by atoms with Gasteiger partial charge in [-0.15, -0.1) is 0 Å². The molecule has 1 aromatic heterocycles. The minimum atomic E-state index is -0.526. The van der Waals surface area contributed by atoms with Crippen LogP contribution < -0.4 is 5.73 Å². The highest BCUT2D eigenvalue weighted by Crippen LogP contribution is 2.61. The molecule has 2 heterocycles. The van der Waals surface area contributed by atoms with Gasteiger partial charge in [0.25, 0.3) is 0 Å². The van der Waals surface area contributed by atoms with Gasteiger partial charge in [0, 0.05) is 21.9 Å². The quantitative estimate of drug-likeness (QED) is 0.148. The minimum Gasteiger partial charge on any atom is -0.383 e. The van der Waals surface area contributed by atoms with E-state index in [4.69, 9.17) is 10.7 Å². The highest BCUT2D eigenvalue weighted by Gasteiger charge is 2.50. The summed E-state index contributed by atoms with van der Waals surface area (Å²) in [5.74, 6) is 0.501. The maximum Gasteiger partial charge on any atom is 0.131 e. The van der Waals surface area contributed by atoms with Crippen molar-refractivity contribution in [2.75, 3.05) is 0 Å². The molecule has 0 radical (unpaired) electrons. The summed E-state index contributed by atoms with van der Waals surface area (Å²) < 4.78 is 2.49. The van der Waals surface area contributed by atoms with Crippen LogP contribution in [0.1, 0.15) is 38.9 Å². The number of fused-ring (bicyclic) bond motifs is 12. The number of rotatable bonds is 5. The summed E-state index contributed by atoms with van der Waals surface area (Å²) in [7, 11) is 0. The van der Waals surface area contributed by atoms with Crippen LogP contribution in [0, 0.1) is 0 Å². The first kappa shape index (κ1) is 28.6. The van der Waals surface area contributed by atoms with Crippen LogP contribution in [0.25, 0.3) is 44.3 Å². The molecule has 2 N–H and O–H groups in total. The number of aliphatic imine (C=N–C) groups is 1. The zero-order valence-electron chi connectivity index (χ0n) is 27.4. The average molecular weight is 640 g/mol. The van der Waals surface area contributed by atoms with Crippen LogP contribution in [0.4, 0.5) is 0 Å². The van der Waals surface area contributed by atoms with Crippen LogP contribution in [0.3, 0.4) is 0 Å². The fourth-order valence-electron chi connectivity index (χ4n) is 8.58. The molecule has 0 bridgehead atoms. The van der Waals surface area contributed by atoms with Crippen molar-refractivity contribution in [2.45, 2.75) is 11.8 Å². The van der Waals surface area contributed by atoms with Gasteiger partial charge in [-0.05, 0) is 63.6 Å². The third kappa shape index (κ3) is 4.01. The lowest BCUT2D eigenvalue weighted by atomic mass is 9.65. The molecule has 50 heavy (non-hydrogen) atoms. The molecule has 1 aliphatic carbocycles. The van der Waals surface area contributed by atoms with Crippen molar-refractivity contribution in [3.8, 4) is 16.8 Å². The molecule has 2 aliphatic rings. The van der Waals surface area contributed by atoms with Crippen molar-refractivity contribution < 1.29 is 0 Å². The lowest BCUT2D eigenvalue weighted by Crippen LogP contribution is -2.33. The Hall–Kier alpha value is -6.45. The Labute approximate surface area is 291 Å². The minimum absolute atomic E-state index is 0.501. The summed E-state index contributed by atoms with van der Waals surface area (Å²) >= 11 is 0. The number of para-hydroxylation sites is 3. The van der Waals surface area contributed by atoms with Gasteiger partial charge in [0.05, 0.1) is 27.8 Å². The van der Waals surface area contributed by atoms with E-state index < -0.39 is 5.41 Å². The Balaban J connectivity index is 1.27. The molecular formula is C47H33N3. The molecule has 1 spiro atoms. The van der Waals surface area contributed by atoms with Crippen LogP contribution in [0.5, 0.6) is 0 Å². The smallest absolute Gasteiger partial charge is 0.131 e. The Morgan fingerprint density at radius 2 is 1.22 bits per heavy atom.